The number of nitrogens with two attached hydrogens (primary N) is 1. The number of benzene rings is 1. The van der Waals surface area contributed by atoms with E-state index in [1.165, 1.54) is 0 Å². The first kappa shape index (κ1) is 12.9. The zero-order valence-corrected chi connectivity index (χ0v) is 10.9. The predicted octanol–water partition coefficient (Wildman–Crippen LogP) is 1.56. The lowest BCUT2D eigenvalue weighted by Gasteiger charge is -2.46. The molecule has 2 rings (SSSR count). The summed E-state index contributed by atoms with van der Waals surface area (Å²) in [5.41, 5.74) is 7.11. The Labute approximate surface area is 107 Å². The maximum atomic E-state index is 12.3. The van der Waals surface area contributed by atoms with E-state index >= 15 is 0 Å². The van der Waals surface area contributed by atoms with Crippen LogP contribution in [0, 0.1) is 6.92 Å². The SMILES string of the molecule is CCCC1(O)CN(C(=O)c2c(C)cccc2N)C1. The van der Waals surface area contributed by atoms with Gasteiger partial charge in [0.15, 0.2) is 0 Å². The van der Waals surface area contributed by atoms with Gasteiger partial charge in [-0.15, -0.1) is 0 Å². The van der Waals surface area contributed by atoms with Crippen molar-refractivity contribution >= 4 is 11.6 Å². The first-order chi connectivity index (χ1) is 8.47. The predicted molar refractivity (Wildman–Crippen MR) is 71.4 cm³/mol. The number of hydrogen-bond donors (Lipinski definition) is 2. The van der Waals surface area contributed by atoms with Crippen molar-refractivity contribution in [3.05, 3.63) is 29.3 Å². The van der Waals surface area contributed by atoms with Crippen molar-refractivity contribution in [1.29, 1.82) is 0 Å². The molecule has 3 N–H and O–H groups in total. The second kappa shape index (κ2) is 4.61. The smallest absolute Gasteiger partial charge is 0.256 e. The van der Waals surface area contributed by atoms with E-state index in [2.05, 4.69) is 0 Å². The Hall–Kier alpha value is -1.55. The zero-order valence-electron chi connectivity index (χ0n) is 10.9. The van der Waals surface area contributed by atoms with Crippen molar-refractivity contribution in [2.75, 3.05) is 18.8 Å². The van der Waals surface area contributed by atoms with Gasteiger partial charge < -0.3 is 15.7 Å². The van der Waals surface area contributed by atoms with Crippen LogP contribution in [0.5, 0.6) is 0 Å². The number of amides is 1. The summed E-state index contributed by atoms with van der Waals surface area (Å²) in [6.45, 7) is 4.73. The van der Waals surface area contributed by atoms with E-state index in [4.69, 9.17) is 5.73 Å². The van der Waals surface area contributed by atoms with Crippen LogP contribution in [0.3, 0.4) is 0 Å². The molecule has 0 spiro atoms. The van der Waals surface area contributed by atoms with Crippen LogP contribution in [0.2, 0.25) is 0 Å². The number of nitrogen functional groups attached to an aromatic ring is 1. The molecule has 1 aromatic rings. The summed E-state index contributed by atoms with van der Waals surface area (Å²) in [6, 6.07) is 5.45. The van der Waals surface area contributed by atoms with Crippen LogP contribution in [0.25, 0.3) is 0 Å². The van der Waals surface area contributed by atoms with Gasteiger partial charge in [0.1, 0.15) is 0 Å². The van der Waals surface area contributed by atoms with Crippen LogP contribution in [-0.2, 0) is 0 Å². The highest BCUT2D eigenvalue weighted by atomic mass is 16.3. The van der Waals surface area contributed by atoms with Gasteiger partial charge in [-0.05, 0) is 25.0 Å². The maximum absolute atomic E-state index is 12.3. The van der Waals surface area contributed by atoms with Crippen molar-refractivity contribution in [3.63, 3.8) is 0 Å². The number of β-amino-alcohol motifs (C(OH)–C–C–N with tert-alkyl or cyclic N) is 1. The minimum Gasteiger partial charge on any atom is -0.398 e. The molecular formula is C14H20N2O2. The molecule has 1 amide bonds. The topological polar surface area (TPSA) is 66.6 Å². The average Bonchev–Trinajstić information content (AvgIpc) is 2.25. The Morgan fingerprint density at radius 2 is 2.17 bits per heavy atom. The second-order valence-electron chi connectivity index (χ2n) is 5.17. The molecule has 0 aromatic heterocycles. The second-order valence-corrected chi connectivity index (χ2v) is 5.17. The largest absolute Gasteiger partial charge is 0.398 e. The summed E-state index contributed by atoms with van der Waals surface area (Å²) in [7, 11) is 0. The summed E-state index contributed by atoms with van der Waals surface area (Å²) >= 11 is 0. The molecule has 0 saturated carbocycles. The number of anilines is 1. The summed E-state index contributed by atoms with van der Waals surface area (Å²) in [5, 5.41) is 10.1. The normalized spacial score (nSPS) is 17.4. The van der Waals surface area contributed by atoms with E-state index in [-0.39, 0.29) is 5.91 Å². The number of aliphatic hydroxyl groups is 1. The quantitative estimate of drug-likeness (QED) is 0.798. The van der Waals surface area contributed by atoms with Gasteiger partial charge in [0.25, 0.3) is 5.91 Å². The molecule has 1 fully saturated rings. The van der Waals surface area contributed by atoms with Crippen LogP contribution in [-0.4, -0.2) is 34.6 Å². The summed E-state index contributed by atoms with van der Waals surface area (Å²) < 4.78 is 0. The van der Waals surface area contributed by atoms with Gasteiger partial charge in [-0.3, -0.25) is 4.79 Å². The molecule has 0 atom stereocenters. The third-order valence-electron chi connectivity index (χ3n) is 3.49. The van der Waals surface area contributed by atoms with Crippen LogP contribution in [0.4, 0.5) is 5.69 Å². The molecule has 0 aliphatic carbocycles. The van der Waals surface area contributed by atoms with Gasteiger partial charge in [-0.1, -0.05) is 25.5 Å². The van der Waals surface area contributed by atoms with Crippen molar-refractivity contribution in [1.82, 2.24) is 4.90 Å². The third kappa shape index (κ3) is 2.20. The summed E-state index contributed by atoms with van der Waals surface area (Å²) in [5.74, 6) is -0.0774. The molecule has 1 aromatic carbocycles. The molecule has 1 saturated heterocycles. The van der Waals surface area contributed by atoms with Crippen molar-refractivity contribution < 1.29 is 9.90 Å². The van der Waals surface area contributed by atoms with Crippen LogP contribution >= 0.6 is 0 Å². The van der Waals surface area contributed by atoms with E-state index < -0.39 is 5.60 Å². The number of carbonyl (C=O) groups is 1. The number of likely N-dealkylation sites (tertiary alicyclic amines) is 1. The van der Waals surface area contributed by atoms with E-state index in [1.807, 2.05) is 26.0 Å². The molecule has 4 heteroatoms. The molecule has 18 heavy (non-hydrogen) atoms. The summed E-state index contributed by atoms with van der Waals surface area (Å²) in [4.78, 5) is 14.0. The van der Waals surface area contributed by atoms with Crippen molar-refractivity contribution in [3.8, 4) is 0 Å². The van der Waals surface area contributed by atoms with Crippen LogP contribution in [0.1, 0.15) is 35.7 Å². The minimum absolute atomic E-state index is 0.0774. The minimum atomic E-state index is -0.693. The Balaban J connectivity index is 2.11. The van der Waals surface area contributed by atoms with Crippen molar-refractivity contribution in [2.24, 2.45) is 0 Å². The Morgan fingerprint density at radius 1 is 1.50 bits per heavy atom. The highest BCUT2D eigenvalue weighted by Crippen LogP contribution is 2.29. The molecule has 0 bridgehead atoms. The third-order valence-corrected chi connectivity index (χ3v) is 3.49. The molecule has 1 aliphatic heterocycles. The maximum Gasteiger partial charge on any atom is 0.256 e. The standard InChI is InChI=1S/C14H20N2O2/c1-3-7-14(18)8-16(9-14)13(17)12-10(2)5-4-6-11(12)15/h4-6,18H,3,7-9,15H2,1-2H3. The average molecular weight is 248 g/mol. The molecule has 0 unspecified atom stereocenters. The van der Waals surface area contributed by atoms with Crippen LogP contribution < -0.4 is 5.73 Å². The molecule has 98 valence electrons. The fourth-order valence-corrected chi connectivity index (χ4v) is 2.57. The molecular weight excluding hydrogens is 228 g/mol. The number of aryl methyl sites for hydroxylation is 1. The number of hydrogen-bond acceptors (Lipinski definition) is 3. The number of rotatable bonds is 3. The number of nitrogens with zero attached hydrogens (tertiary/aromatic N) is 1. The Bertz CT molecular complexity index is 445. The van der Waals surface area contributed by atoms with E-state index in [9.17, 15) is 9.90 Å². The fraction of sp³-hybridized carbons (Fsp3) is 0.500. The Morgan fingerprint density at radius 3 is 2.72 bits per heavy atom. The first-order valence-corrected chi connectivity index (χ1v) is 6.33. The van der Waals surface area contributed by atoms with Gasteiger partial charge in [-0.2, -0.15) is 0 Å². The Kier molecular flexibility index (Phi) is 3.30. The lowest BCUT2D eigenvalue weighted by atomic mass is 9.88. The monoisotopic (exact) mass is 248 g/mol. The van der Waals surface area contributed by atoms with Gasteiger partial charge in [0.05, 0.1) is 24.3 Å². The van der Waals surface area contributed by atoms with Gasteiger partial charge in [-0.25, -0.2) is 0 Å². The first-order valence-electron chi connectivity index (χ1n) is 6.33. The molecule has 1 heterocycles. The molecule has 1 aliphatic rings. The molecule has 4 nitrogen and oxygen atoms in total. The molecule has 0 radical (unpaired) electrons. The van der Waals surface area contributed by atoms with Gasteiger partial charge >= 0.3 is 0 Å². The van der Waals surface area contributed by atoms with Gasteiger partial charge in [0.2, 0.25) is 0 Å². The lowest BCUT2D eigenvalue weighted by Crippen LogP contribution is -2.63. The fourth-order valence-electron chi connectivity index (χ4n) is 2.57. The lowest BCUT2D eigenvalue weighted by molar-refractivity contribution is -0.0860. The summed E-state index contributed by atoms with van der Waals surface area (Å²) in [6.07, 6.45) is 1.66. The van der Waals surface area contributed by atoms with E-state index in [0.717, 1.165) is 18.4 Å². The highest BCUT2D eigenvalue weighted by Gasteiger charge is 2.43. The highest BCUT2D eigenvalue weighted by molar-refractivity contribution is 6.01. The van der Waals surface area contributed by atoms with Crippen LogP contribution in [0.15, 0.2) is 18.2 Å². The van der Waals surface area contributed by atoms with Crippen molar-refractivity contribution in [2.45, 2.75) is 32.3 Å². The number of carbonyl (C=O) groups excluding carboxylic acids is 1. The van der Waals surface area contributed by atoms with E-state index in [1.54, 1.807) is 11.0 Å². The zero-order chi connectivity index (χ0) is 13.3. The van der Waals surface area contributed by atoms with Gasteiger partial charge in [0, 0.05) is 5.69 Å². The van der Waals surface area contributed by atoms with E-state index in [0.29, 0.717) is 24.3 Å².